The van der Waals surface area contributed by atoms with Gasteiger partial charge in [-0.15, -0.1) is 0 Å². The Bertz CT molecular complexity index is 921. The third-order valence-electron chi connectivity index (χ3n) is 6.02. The minimum Gasteiger partial charge on any atom is -0.371 e. The molecule has 0 N–H and O–H groups in total. The van der Waals surface area contributed by atoms with Crippen LogP contribution in [0.4, 0.5) is 16.2 Å². The van der Waals surface area contributed by atoms with E-state index in [4.69, 9.17) is 0 Å². The Morgan fingerprint density at radius 1 is 1.00 bits per heavy atom. The van der Waals surface area contributed by atoms with Crippen LogP contribution in [-0.4, -0.2) is 54.6 Å². The molecule has 158 valence electrons. The normalized spacial score (nSPS) is 19.5. The smallest absolute Gasteiger partial charge is 0.333 e. The maximum absolute atomic E-state index is 13.1. The van der Waals surface area contributed by atoms with Gasteiger partial charge >= 0.3 is 6.03 Å². The number of hydrogen-bond donors (Lipinski definition) is 0. The Kier molecular flexibility index (Phi) is 5.77. The van der Waals surface area contributed by atoms with Crippen LogP contribution in [0.2, 0.25) is 0 Å². The second-order valence-electron chi connectivity index (χ2n) is 8.41. The highest BCUT2D eigenvalue weighted by Crippen LogP contribution is 2.28. The molecule has 0 aromatic heterocycles. The number of anilines is 2. The molecular formula is C24H30N4O2. The number of imide groups is 1. The number of amides is 3. The van der Waals surface area contributed by atoms with Gasteiger partial charge in [0.1, 0.15) is 6.04 Å². The van der Waals surface area contributed by atoms with Crippen LogP contribution < -0.4 is 9.80 Å². The molecule has 2 aliphatic rings. The second-order valence-corrected chi connectivity index (χ2v) is 8.41. The zero-order valence-electron chi connectivity index (χ0n) is 18.0. The number of aryl methyl sites for hydroxylation is 1. The summed E-state index contributed by atoms with van der Waals surface area (Å²) in [5.41, 5.74) is 4.37. The lowest BCUT2D eigenvalue weighted by atomic mass is 10.1. The van der Waals surface area contributed by atoms with E-state index in [1.54, 1.807) is 11.8 Å². The third kappa shape index (κ3) is 3.92. The molecule has 1 unspecified atom stereocenters. The van der Waals surface area contributed by atoms with Crippen LogP contribution in [-0.2, 0) is 11.3 Å². The molecule has 30 heavy (non-hydrogen) atoms. The van der Waals surface area contributed by atoms with Gasteiger partial charge in [0.25, 0.3) is 5.91 Å². The first-order valence-corrected chi connectivity index (χ1v) is 10.7. The van der Waals surface area contributed by atoms with E-state index in [2.05, 4.69) is 29.2 Å². The lowest BCUT2D eigenvalue weighted by Crippen LogP contribution is -2.40. The zero-order valence-corrected chi connectivity index (χ0v) is 18.0. The Hall–Kier alpha value is -2.86. The fraction of sp³-hybridized carbons (Fsp3) is 0.417. The second kappa shape index (κ2) is 8.48. The van der Waals surface area contributed by atoms with E-state index < -0.39 is 6.04 Å². The van der Waals surface area contributed by atoms with Crippen molar-refractivity contribution in [2.24, 2.45) is 0 Å². The summed E-state index contributed by atoms with van der Waals surface area (Å²) >= 11 is 0. The average molecular weight is 407 g/mol. The molecule has 2 aromatic rings. The Balaban J connectivity index is 1.47. The number of rotatable bonds is 6. The third-order valence-corrected chi connectivity index (χ3v) is 6.02. The summed E-state index contributed by atoms with van der Waals surface area (Å²) in [7, 11) is 1.96. The molecule has 6 heteroatoms. The first-order chi connectivity index (χ1) is 14.5. The van der Waals surface area contributed by atoms with Gasteiger partial charge in [0.2, 0.25) is 0 Å². The average Bonchev–Trinajstić information content (AvgIpc) is 3.34. The van der Waals surface area contributed by atoms with Crippen LogP contribution >= 0.6 is 0 Å². The van der Waals surface area contributed by atoms with Crippen LogP contribution in [0.5, 0.6) is 0 Å². The molecule has 0 saturated carbocycles. The molecule has 6 nitrogen and oxygen atoms in total. The summed E-state index contributed by atoms with van der Waals surface area (Å²) in [5.74, 6) is -0.153. The van der Waals surface area contributed by atoms with Crippen molar-refractivity contribution in [3.05, 3.63) is 59.7 Å². The molecule has 1 atom stereocenters. The van der Waals surface area contributed by atoms with Crippen molar-refractivity contribution in [3.63, 3.8) is 0 Å². The van der Waals surface area contributed by atoms with Gasteiger partial charge in [0, 0.05) is 31.0 Å². The highest BCUT2D eigenvalue weighted by Gasteiger charge is 2.43. The van der Waals surface area contributed by atoms with Crippen molar-refractivity contribution in [3.8, 4) is 0 Å². The van der Waals surface area contributed by atoms with Crippen molar-refractivity contribution in [1.82, 2.24) is 9.80 Å². The van der Waals surface area contributed by atoms with Crippen LogP contribution in [0.15, 0.2) is 48.5 Å². The zero-order chi connectivity index (χ0) is 21.3. The van der Waals surface area contributed by atoms with Crippen molar-refractivity contribution < 1.29 is 9.59 Å². The molecular weight excluding hydrogens is 376 g/mol. The number of urea groups is 1. The molecule has 2 aromatic carbocycles. The van der Waals surface area contributed by atoms with Gasteiger partial charge in [-0.05, 0) is 57.5 Å². The summed E-state index contributed by atoms with van der Waals surface area (Å²) in [4.78, 5) is 33.4. The summed E-state index contributed by atoms with van der Waals surface area (Å²) in [6, 6.07) is 15.4. The standard InChI is InChI=1S/C24H30N4O2/c1-18-10-12-21(13-11-18)28-19(2)23(29)27(24(28)30)17-25(3)16-20-8-4-5-9-22(20)26-14-6-7-15-26/h4-5,8-13,19H,6-7,14-17H2,1-3H3. The maximum atomic E-state index is 13.1. The van der Waals surface area contributed by atoms with E-state index in [0.717, 1.165) is 24.3 Å². The Labute approximate surface area is 178 Å². The molecule has 0 aliphatic carbocycles. The van der Waals surface area contributed by atoms with Crippen LogP contribution in [0.1, 0.15) is 30.9 Å². The molecule has 2 heterocycles. The molecule has 0 bridgehead atoms. The van der Waals surface area contributed by atoms with Gasteiger partial charge in [0.15, 0.2) is 0 Å². The number of para-hydroxylation sites is 1. The van der Waals surface area contributed by atoms with Gasteiger partial charge in [-0.3, -0.25) is 14.6 Å². The topological polar surface area (TPSA) is 47.1 Å². The van der Waals surface area contributed by atoms with E-state index in [-0.39, 0.29) is 18.6 Å². The lowest BCUT2D eigenvalue weighted by molar-refractivity contribution is -0.128. The summed E-state index contributed by atoms with van der Waals surface area (Å²) < 4.78 is 0. The summed E-state index contributed by atoms with van der Waals surface area (Å²) in [5, 5.41) is 0. The Morgan fingerprint density at radius 3 is 2.37 bits per heavy atom. The number of hydrogen-bond acceptors (Lipinski definition) is 4. The van der Waals surface area contributed by atoms with Gasteiger partial charge in [0.05, 0.1) is 6.67 Å². The minimum atomic E-state index is -0.495. The largest absolute Gasteiger partial charge is 0.371 e. The van der Waals surface area contributed by atoms with E-state index in [0.29, 0.717) is 6.54 Å². The molecule has 0 spiro atoms. The number of carbonyl (C=O) groups is 2. The number of carbonyl (C=O) groups excluding carboxylic acids is 2. The minimum absolute atomic E-state index is 0.153. The molecule has 0 radical (unpaired) electrons. The monoisotopic (exact) mass is 406 g/mol. The quantitative estimate of drug-likeness (QED) is 0.684. The predicted octanol–water partition coefficient (Wildman–Crippen LogP) is 3.84. The van der Waals surface area contributed by atoms with Crippen molar-refractivity contribution >= 4 is 23.3 Å². The highest BCUT2D eigenvalue weighted by atomic mass is 16.2. The van der Waals surface area contributed by atoms with Crippen molar-refractivity contribution in [1.29, 1.82) is 0 Å². The number of nitrogens with zero attached hydrogens (tertiary/aromatic N) is 4. The highest BCUT2D eigenvalue weighted by molar-refractivity contribution is 6.14. The van der Waals surface area contributed by atoms with Crippen LogP contribution in [0.3, 0.4) is 0 Å². The SMILES string of the molecule is Cc1ccc(N2C(=O)N(CN(C)Cc3ccccc3N3CCCC3)C(=O)C2C)cc1. The lowest BCUT2D eigenvalue weighted by Gasteiger charge is -2.26. The molecule has 2 aliphatic heterocycles. The molecule has 2 saturated heterocycles. The number of benzene rings is 2. The van der Waals surface area contributed by atoms with Gasteiger partial charge in [-0.2, -0.15) is 0 Å². The van der Waals surface area contributed by atoms with Gasteiger partial charge < -0.3 is 4.90 Å². The van der Waals surface area contributed by atoms with E-state index in [9.17, 15) is 9.59 Å². The van der Waals surface area contributed by atoms with E-state index in [1.165, 1.54) is 29.0 Å². The van der Waals surface area contributed by atoms with Crippen LogP contribution in [0, 0.1) is 6.92 Å². The van der Waals surface area contributed by atoms with E-state index >= 15 is 0 Å². The van der Waals surface area contributed by atoms with Crippen LogP contribution in [0.25, 0.3) is 0 Å². The molecule has 4 rings (SSSR count). The Morgan fingerprint density at radius 2 is 1.67 bits per heavy atom. The summed E-state index contributed by atoms with van der Waals surface area (Å²) in [6.07, 6.45) is 2.46. The van der Waals surface area contributed by atoms with Crippen molar-refractivity contribution in [2.45, 2.75) is 39.3 Å². The van der Waals surface area contributed by atoms with Crippen molar-refractivity contribution in [2.75, 3.05) is 36.6 Å². The summed E-state index contributed by atoms with van der Waals surface area (Å²) in [6.45, 7) is 6.94. The van der Waals surface area contributed by atoms with Gasteiger partial charge in [-0.25, -0.2) is 9.69 Å². The molecule has 3 amide bonds. The first-order valence-electron chi connectivity index (χ1n) is 10.7. The van der Waals surface area contributed by atoms with Gasteiger partial charge in [-0.1, -0.05) is 35.9 Å². The maximum Gasteiger partial charge on any atom is 0.333 e. The molecule has 2 fully saturated rings. The fourth-order valence-electron chi connectivity index (χ4n) is 4.39. The predicted molar refractivity (Wildman–Crippen MR) is 120 cm³/mol. The van der Waals surface area contributed by atoms with E-state index in [1.807, 2.05) is 43.1 Å². The first kappa shape index (κ1) is 20.4. The fourth-order valence-corrected chi connectivity index (χ4v) is 4.39.